The number of aromatic nitrogens is 8. The highest BCUT2D eigenvalue weighted by Gasteiger charge is 2.52. The Morgan fingerprint density at radius 2 is 1.09 bits per heavy atom. The molecule has 2 aromatic carbocycles. The molecule has 0 amide bonds. The number of pyridine rings is 2. The number of Topliss-reactive ketones (excluding diaryl/α,β-unsaturated/α-hetero) is 1. The summed E-state index contributed by atoms with van der Waals surface area (Å²) in [6.45, 7) is 9.87. The molecule has 67 heavy (non-hydrogen) atoms. The highest BCUT2D eigenvalue weighted by Crippen LogP contribution is 2.39. The molecule has 2 atom stereocenters. The number of halogens is 5. The van der Waals surface area contributed by atoms with Gasteiger partial charge in [-0.3, -0.25) is 4.79 Å². The van der Waals surface area contributed by atoms with Gasteiger partial charge in [-0.2, -0.15) is 33.1 Å². The van der Waals surface area contributed by atoms with Gasteiger partial charge in [0.25, 0.3) is 0 Å². The molecule has 0 radical (unpaired) electrons. The maximum atomic E-state index is 13.2. The van der Waals surface area contributed by atoms with Crippen LogP contribution in [0.25, 0.3) is 45.6 Å². The van der Waals surface area contributed by atoms with Crippen LogP contribution in [0.5, 0.6) is 23.8 Å². The molecular formula is C48H53Cl2F3N8O6. The van der Waals surface area contributed by atoms with E-state index in [0.29, 0.717) is 66.8 Å². The number of alkyl halides is 3. The van der Waals surface area contributed by atoms with Crippen molar-refractivity contribution in [1.82, 2.24) is 39.9 Å². The van der Waals surface area contributed by atoms with Crippen LogP contribution in [0.4, 0.5) is 13.2 Å². The second-order valence-corrected chi connectivity index (χ2v) is 16.8. The van der Waals surface area contributed by atoms with Crippen LogP contribution in [-0.4, -0.2) is 83.4 Å². The predicted octanol–water partition coefficient (Wildman–Crippen LogP) is 11.2. The van der Waals surface area contributed by atoms with Crippen molar-refractivity contribution in [2.75, 3.05) is 14.2 Å². The van der Waals surface area contributed by atoms with Crippen LogP contribution in [0, 0.1) is 5.41 Å². The zero-order valence-corrected chi connectivity index (χ0v) is 40.0. The number of hydrogen-bond acceptors (Lipinski definition) is 14. The Kier molecular flexibility index (Phi) is 18.3. The van der Waals surface area contributed by atoms with E-state index in [1.165, 1.54) is 14.2 Å². The first-order chi connectivity index (χ1) is 31.9. The molecular weight excluding hydrogens is 912 g/mol. The molecule has 4 heterocycles. The number of methoxy groups -OCH3 is 2. The molecule has 6 aromatic rings. The number of benzene rings is 2. The van der Waals surface area contributed by atoms with Crippen LogP contribution in [0.1, 0.15) is 84.8 Å². The third-order valence-electron chi connectivity index (χ3n) is 10.4. The summed E-state index contributed by atoms with van der Waals surface area (Å²) in [4.78, 5) is 47.3. The first-order valence-electron chi connectivity index (χ1n) is 21.5. The summed E-state index contributed by atoms with van der Waals surface area (Å²) in [7, 11) is 2.90. The van der Waals surface area contributed by atoms with Crippen molar-refractivity contribution >= 4 is 29.0 Å². The molecule has 1 N–H and O–H groups in total. The van der Waals surface area contributed by atoms with Gasteiger partial charge in [0.15, 0.2) is 23.3 Å². The molecule has 0 fully saturated rings. The van der Waals surface area contributed by atoms with Gasteiger partial charge in [0.2, 0.25) is 11.8 Å². The lowest BCUT2D eigenvalue weighted by Crippen LogP contribution is -2.39. The molecule has 0 aliphatic carbocycles. The molecule has 356 valence electrons. The van der Waals surface area contributed by atoms with Crippen LogP contribution >= 0.6 is 23.2 Å². The van der Waals surface area contributed by atoms with Gasteiger partial charge in [-0.25, -0.2) is 19.9 Å². The van der Waals surface area contributed by atoms with Crippen molar-refractivity contribution in [1.29, 1.82) is 0 Å². The van der Waals surface area contributed by atoms with Crippen molar-refractivity contribution in [2.24, 2.45) is 5.41 Å². The molecule has 0 saturated carbocycles. The highest BCUT2D eigenvalue weighted by atomic mass is 35.5. The number of aliphatic hydroxyl groups is 1. The number of carbonyl (C=O) groups is 1. The summed E-state index contributed by atoms with van der Waals surface area (Å²) in [5, 5.41) is 10.2. The third-order valence-corrected chi connectivity index (χ3v) is 11.0. The van der Waals surface area contributed by atoms with Gasteiger partial charge in [-0.05, 0) is 94.5 Å². The number of rotatable bonds is 19. The van der Waals surface area contributed by atoms with Gasteiger partial charge in [-0.1, -0.05) is 62.0 Å². The lowest BCUT2D eigenvalue weighted by molar-refractivity contribution is -0.210. The van der Waals surface area contributed by atoms with E-state index in [0.717, 1.165) is 39.5 Å². The molecule has 0 saturated heterocycles. The smallest absolute Gasteiger partial charge is 0.400 e. The largest absolute Gasteiger partial charge is 0.475 e. The molecule has 4 aromatic heterocycles. The van der Waals surface area contributed by atoms with Crippen LogP contribution in [0.15, 0.2) is 73.1 Å². The van der Waals surface area contributed by atoms with Gasteiger partial charge in [-0.15, -0.1) is 0 Å². The fourth-order valence-electron chi connectivity index (χ4n) is 6.37. The molecule has 0 spiro atoms. The van der Waals surface area contributed by atoms with Crippen molar-refractivity contribution < 1.29 is 42.0 Å². The minimum atomic E-state index is -4.62. The topological polar surface area (TPSA) is 177 Å². The van der Waals surface area contributed by atoms with Crippen molar-refractivity contribution in [3.8, 4) is 69.3 Å². The van der Waals surface area contributed by atoms with E-state index in [4.69, 9.17) is 42.1 Å². The van der Waals surface area contributed by atoms with Gasteiger partial charge in [0.05, 0.1) is 43.1 Å². The lowest BCUT2D eigenvalue weighted by Gasteiger charge is -2.26. The maximum absolute atomic E-state index is 13.2. The molecule has 14 nitrogen and oxygen atoms in total. The second-order valence-electron chi connectivity index (χ2n) is 16.0. The summed E-state index contributed by atoms with van der Waals surface area (Å²) in [5.74, 6) is 1.38. The van der Waals surface area contributed by atoms with E-state index < -0.39 is 17.4 Å². The second kappa shape index (κ2) is 23.6. The first-order valence-corrected chi connectivity index (χ1v) is 22.3. The summed E-state index contributed by atoms with van der Waals surface area (Å²) < 4.78 is 61.8. The predicted molar refractivity (Wildman–Crippen MR) is 249 cm³/mol. The van der Waals surface area contributed by atoms with E-state index in [-0.39, 0.29) is 55.3 Å². The Labute approximate surface area is 397 Å². The Morgan fingerprint density at radius 3 is 1.48 bits per heavy atom. The van der Waals surface area contributed by atoms with Gasteiger partial charge in [0.1, 0.15) is 11.2 Å². The minimum Gasteiger partial charge on any atom is -0.475 e. The van der Waals surface area contributed by atoms with Crippen molar-refractivity contribution in [3.05, 3.63) is 94.2 Å². The normalized spacial score (nSPS) is 12.4. The van der Waals surface area contributed by atoms with Crippen LogP contribution in [-0.2, 0) is 17.8 Å². The number of carbonyl (C=O) groups excluding carboxylic acids is 1. The van der Waals surface area contributed by atoms with E-state index in [1.54, 1.807) is 67.0 Å². The third kappa shape index (κ3) is 14.0. The van der Waals surface area contributed by atoms with Gasteiger partial charge < -0.3 is 24.1 Å². The number of ether oxygens (including phenoxy) is 4. The van der Waals surface area contributed by atoms with Crippen LogP contribution in [0.3, 0.4) is 0 Å². The quantitative estimate of drug-likeness (QED) is 0.0811. The fourth-order valence-corrected chi connectivity index (χ4v) is 6.78. The molecule has 0 aliphatic rings. The first kappa shape index (κ1) is 51.9. The SMILES string of the molecule is CCC[C@@H](C)Oc1ccc(-c2nc(OC)nc(-c3cc(CCC(=O)C(C)(C)C(F)(F)F)ccc3Cl)n2)cn1.CCC[C@@H](C)Oc1ccc(-c2nc(OC)nc(-c3cc(CO)ccc3Cl)n2)cn1. The lowest BCUT2D eigenvalue weighted by atomic mass is 9.84. The Morgan fingerprint density at radius 1 is 0.657 bits per heavy atom. The number of nitrogens with zero attached hydrogens (tertiary/aromatic N) is 8. The monoisotopic (exact) mass is 964 g/mol. The summed E-state index contributed by atoms with van der Waals surface area (Å²) in [6, 6.07) is 17.4. The Hall–Kier alpha value is -6.04. The molecule has 0 bridgehead atoms. The number of aryl methyl sites for hydroxylation is 1. The van der Waals surface area contributed by atoms with Gasteiger partial charge >= 0.3 is 18.2 Å². The zero-order chi connectivity index (χ0) is 48.9. The molecule has 6 rings (SSSR count). The summed E-state index contributed by atoms with van der Waals surface area (Å²) in [6.07, 6.45) is 2.48. The number of ketones is 1. The van der Waals surface area contributed by atoms with E-state index >= 15 is 0 Å². The summed E-state index contributed by atoms with van der Waals surface area (Å²) in [5.41, 5.74) is 1.18. The number of hydrogen-bond donors (Lipinski definition) is 1. The standard InChI is InChI=1S/C27H30ClF3N4O3.C21H23ClN4O3/c1-6-7-16(2)38-22-13-10-18(15-32-22)23-33-24(35-25(34-23)37-5)19-14-17(8-11-20(19)28)9-12-21(36)26(3,4)27(29,30)31;1-4-5-13(2)29-18-9-7-15(11-23-18)19-24-20(26-21(25-19)28-3)16-10-14(12-27)6-8-17(16)22/h8,10-11,13-16H,6-7,9,12H2,1-5H3;6-11,13,27H,4-5,12H2,1-3H3/t16-;13-/m11/s1. The molecule has 0 aliphatic heterocycles. The Balaban J connectivity index is 0.000000260. The van der Waals surface area contributed by atoms with E-state index in [9.17, 15) is 23.1 Å². The maximum Gasteiger partial charge on any atom is 0.400 e. The highest BCUT2D eigenvalue weighted by molar-refractivity contribution is 6.33. The van der Waals surface area contributed by atoms with Gasteiger partial charge in [0, 0.05) is 53.2 Å². The average molecular weight is 966 g/mol. The molecule has 0 unspecified atom stereocenters. The minimum absolute atomic E-state index is 0.0338. The van der Waals surface area contributed by atoms with Crippen molar-refractivity contribution in [3.63, 3.8) is 0 Å². The Bertz CT molecular complexity index is 2590. The van der Waals surface area contributed by atoms with E-state index in [1.807, 2.05) is 19.9 Å². The van der Waals surface area contributed by atoms with Crippen molar-refractivity contribution in [2.45, 2.75) is 105 Å². The van der Waals surface area contributed by atoms with E-state index in [2.05, 4.69) is 53.7 Å². The van der Waals surface area contributed by atoms with Crippen LogP contribution in [0.2, 0.25) is 10.0 Å². The number of aliphatic hydroxyl groups excluding tert-OH is 1. The average Bonchev–Trinajstić information content (AvgIpc) is 3.31. The van der Waals surface area contributed by atoms with Crippen LogP contribution < -0.4 is 18.9 Å². The zero-order valence-electron chi connectivity index (χ0n) is 38.5. The summed E-state index contributed by atoms with van der Waals surface area (Å²) >= 11 is 12.8. The fraction of sp³-hybridized carbons (Fsp3) is 0.396. The molecule has 19 heteroatoms.